The maximum Gasteiger partial charge on any atom is 0.270 e. The predicted octanol–water partition coefficient (Wildman–Crippen LogP) is 3.33. The standard InChI is InChI=1S/C12H11N3O2S/c1-7-8(2)13-11(14-12(7)18)9-4-3-5-10(6-9)15(16)17/h3-6H,1-2H3,(H,13,14,18). The number of nitrogens with zero attached hydrogens (tertiary/aromatic N) is 2. The average Bonchev–Trinajstić information content (AvgIpc) is 2.35. The van der Waals surface area contributed by atoms with E-state index in [1.807, 2.05) is 13.8 Å². The van der Waals surface area contributed by atoms with Gasteiger partial charge >= 0.3 is 0 Å². The summed E-state index contributed by atoms with van der Waals surface area (Å²) in [5.74, 6) is 0.548. The third-order valence-electron chi connectivity index (χ3n) is 2.73. The van der Waals surface area contributed by atoms with Crippen LogP contribution in [0.2, 0.25) is 0 Å². The van der Waals surface area contributed by atoms with E-state index in [2.05, 4.69) is 9.97 Å². The van der Waals surface area contributed by atoms with Crippen molar-refractivity contribution in [2.75, 3.05) is 0 Å². The summed E-state index contributed by atoms with van der Waals surface area (Å²) < 4.78 is 0.507. The van der Waals surface area contributed by atoms with E-state index in [4.69, 9.17) is 12.2 Å². The molecule has 0 spiro atoms. The lowest BCUT2D eigenvalue weighted by Gasteiger charge is -2.05. The number of non-ortho nitro benzene ring substituents is 1. The molecule has 0 saturated heterocycles. The van der Waals surface area contributed by atoms with Crippen molar-refractivity contribution >= 4 is 17.9 Å². The minimum atomic E-state index is -0.431. The molecule has 0 aliphatic rings. The molecule has 18 heavy (non-hydrogen) atoms. The van der Waals surface area contributed by atoms with Gasteiger partial charge in [-0.2, -0.15) is 0 Å². The molecule has 92 valence electrons. The molecule has 1 N–H and O–H groups in total. The zero-order chi connectivity index (χ0) is 13.3. The number of nitro benzene ring substituents is 1. The van der Waals surface area contributed by atoms with Crippen molar-refractivity contribution in [1.29, 1.82) is 0 Å². The fraction of sp³-hybridized carbons (Fsp3) is 0.167. The van der Waals surface area contributed by atoms with E-state index in [0.717, 1.165) is 11.3 Å². The Morgan fingerprint density at radius 1 is 1.39 bits per heavy atom. The summed E-state index contributed by atoms with van der Waals surface area (Å²) in [5, 5.41) is 10.7. The minimum Gasteiger partial charge on any atom is -0.343 e. The van der Waals surface area contributed by atoms with Crippen molar-refractivity contribution < 1.29 is 4.92 Å². The van der Waals surface area contributed by atoms with Gasteiger partial charge in [-0.25, -0.2) is 4.98 Å². The second-order valence-corrected chi connectivity index (χ2v) is 4.33. The van der Waals surface area contributed by atoms with E-state index in [0.29, 0.717) is 16.0 Å². The Bertz CT molecular complexity index is 679. The normalized spacial score (nSPS) is 10.3. The van der Waals surface area contributed by atoms with Crippen LogP contribution in [0.1, 0.15) is 11.3 Å². The first-order valence-electron chi connectivity index (χ1n) is 5.31. The van der Waals surface area contributed by atoms with E-state index < -0.39 is 4.92 Å². The lowest BCUT2D eigenvalue weighted by Crippen LogP contribution is -1.97. The van der Waals surface area contributed by atoms with Gasteiger partial charge in [0.2, 0.25) is 0 Å². The molecule has 0 saturated carbocycles. The van der Waals surface area contributed by atoms with Crippen molar-refractivity contribution in [1.82, 2.24) is 9.97 Å². The van der Waals surface area contributed by atoms with Gasteiger partial charge in [0.1, 0.15) is 10.5 Å². The molecule has 0 aliphatic carbocycles. The molecular formula is C12H11N3O2S. The molecule has 6 heteroatoms. The highest BCUT2D eigenvalue weighted by Crippen LogP contribution is 2.21. The van der Waals surface area contributed by atoms with E-state index in [1.54, 1.807) is 12.1 Å². The SMILES string of the molecule is Cc1[nH]c(-c2cccc([N+](=O)[O-])c2)nc(=S)c1C. The zero-order valence-electron chi connectivity index (χ0n) is 9.93. The summed E-state index contributed by atoms with van der Waals surface area (Å²) in [4.78, 5) is 17.6. The lowest BCUT2D eigenvalue weighted by molar-refractivity contribution is -0.384. The molecular weight excluding hydrogens is 250 g/mol. The first kappa shape index (κ1) is 12.4. The predicted molar refractivity (Wildman–Crippen MR) is 71.0 cm³/mol. The van der Waals surface area contributed by atoms with E-state index in [1.165, 1.54) is 12.1 Å². The summed E-state index contributed by atoms with van der Waals surface area (Å²) >= 11 is 5.15. The van der Waals surface area contributed by atoms with Crippen LogP contribution >= 0.6 is 12.2 Å². The average molecular weight is 261 g/mol. The van der Waals surface area contributed by atoms with Crippen molar-refractivity contribution in [3.05, 3.63) is 50.3 Å². The number of benzene rings is 1. The number of aromatic nitrogens is 2. The molecule has 0 bridgehead atoms. The number of aromatic amines is 1. The number of nitrogens with one attached hydrogen (secondary N) is 1. The fourth-order valence-corrected chi connectivity index (χ4v) is 1.79. The first-order valence-corrected chi connectivity index (χ1v) is 5.72. The van der Waals surface area contributed by atoms with Gasteiger partial charge in [-0.15, -0.1) is 0 Å². The Morgan fingerprint density at radius 3 is 2.72 bits per heavy atom. The number of nitro groups is 1. The van der Waals surface area contributed by atoms with Crippen LogP contribution in [-0.2, 0) is 0 Å². The Morgan fingerprint density at radius 2 is 2.11 bits per heavy atom. The van der Waals surface area contributed by atoms with Gasteiger partial charge in [0.05, 0.1) is 4.92 Å². The van der Waals surface area contributed by atoms with Crippen molar-refractivity contribution in [2.24, 2.45) is 0 Å². The highest BCUT2D eigenvalue weighted by molar-refractivity contribution is 7.71. The number of hydrogen-bond acceptors (Lipinski definition) is 4. The van der Waals surface area contributed by atoms with Gasteiger partial charge in [0.25, 0.3) is 5.69 Å². The zero-order valence-corrected chi connectivity index (χ0v) is 10.7. The molecule has 1 heterocycles. The van der Waals surface area contributed by atoms with Gasteiger partial charge in [0.15, 0.2) is 0 Å². The largest absolute Gasteiger partial charge is 0.343 e. The molecule has 1 aromatic heterocycles. The highest BCUT2D eigenvalue weighted by atomic mass is 32.1. The Balaban J connectivity index is 2.59. The van der Waals surface area contributed by atoms with Crippen molar-refractivity contribution in [3.8, 4) is 11.4 Å². The highest BCUT2D eigenvalue weighted by Gasteiger charge is 2.09. The van der Waals surface area contributed by atoms with Crippen LogP contribution in [-0.4, -0.2) is 14.9 Å². The van der Waals surface area contributed by atoms with Crippen LogP contribution < -0.4 is 0 Å². The molecule has 0 amide bonds. The van der Waals surface area contributed by atoms with Crippen LogP contribution in [0.5, 0.6) is 0 Å². The third kappa shape index (κ3) is 2.28. The summed E-state index contributed by atoms with van der Waals surface area (Å²) in [5.41, 5.74) is 2.51. The quantitative estimate of drug-likeness (QED) is 0.511. The van der Waals surface area contributed by atoms with Crippen LogP contribution in [0.3, 0.4) is 0 Å². The molecule has 2 rings (SSSR count). The summed E-state index contributed by atoms with van der Waals surface area (Å²) in [6.45, 7) is 3.78. The van der Waals surface area contributed by atoms with Crippen LogP contribution in [0.4, 0.5) is 5.69 Å². The van der Waals surface area contributed by atoms with Gasteiger partial charge in [-0.05, 0) is 13.8 Å². The molecule has 0 unspecified atom stereocenters. The van der Waals surface area contributed by atoms with E-state index in [9.17, 15) is 10.1 Å². The summed E-state index contributed by atoms with van der Waals surface area (Å²) in [7, 11) is 0. The topological polar surface area (TPSA) is 71.8 Å². The monoisotopic (exact) mass is 261 g/mol. The molecule has 0 radical (unpaired) electrons. The molecule has 0 aliphatic heterocycles. The fourth-order valence-electron chi connectivity index (χ4n) is 1.55. The third-order valence-corrected chi connectivity index (χ3v) is 3.13. The van der Waals surface area contributed by atoms with E-state index >= 15 is 0 Å². The molecule has 5 nitrogen and oxygen atoms in total. The van der Waals surface area contributed by atoms with Crippen molar-refractivity contribution in [3.63, 3.8) is 0 Å². The maximum atomic E-state index is 10.7. The smallest absolute Gasteiger partial charge is 0.270 e. The summed E-state index contributed by atoms with van der Waals surface area (Å²) in [6.07, 6.45) is 0. The summed E-state index contributed by atoms with van der Waals surface area (Å²) in [6, 6.07) is 6.30. The Labute approximate surface area is 109 Å². The number of hydrogen-bond donors (Lipinski definition) is 1. The van der Waals surface area contributed by atoms with Crippen LogP contribution in [0.15, 0.2) is 24.3 Å². The molecule has 2 aromatic rings. The van der Waals surface area contributed by atoms with Gasteiger partial charge in [-0.3, -0.25) is 10.1 Å². The number of H-pyrrole nitrogens is 1. The first-order chi connectivity index (χ1) is 8.49. The minimum absolute atomic E-state index is 0.0341. The second-order valence-electron chi connectivity index (χ2n) is 3.95. The molecule has 0 atom stereocenters. The van der Waals surface area contributed by atoms with Gasteiger partial charge < -0.3 is 4.98 Å². The maximum absolute atomic E-state index is 10.7. The lowest BCUT2D eigenvalue weighted by atomic mass is 10.2. The van der Waals surface area contributed by atoms with Crippen LogP contribution in [0, 0.1) is 28.6 Å². The molecule has 0 fully saturated rings. The van der Waals surface area contributed by atoms with Crippen LogP contribution in [0.25, 0.3) is 11.4 Å². The van der Waals surface area contributed by atoms with Gasteiger partial charge in [0, 0.05) is 29.0 Å². The Kier molecular flexibility index (Phi) is 3.20. The van der Waals surface area contributed by atoms with Crippen molar-refractivity contribution in [2.45, 2.75) is 13.8 Å². The second kappa shape index (κ2) is 4.66. The number of aryl methyl sites for hydroxylation is 1. The van der Waals surface area contributed by atoms with E-state index in [-0.39, 0.29) is 5.69 Å². The Hall–Kier alpha value is -2.08. The number of rotatable bonds is 2. The molecule has 1 aromatic carbocycles. The van der Waals surface area contributed by atoms with Gasteiger partial charge in [-0.1, -0.05) is 24.4 Å².